The number of aliphatic hydroxyl groups excluding tert-OH is 1. The number of carbonyl (C=O) groups is 2. The fourth-order valence-electron chi connectivity index (χ4n) is 5.06. The first-order chi connectivity index (χ1) is 24.6. The van der Waals surface area contributed by atoms with Crippen LogP contribution in [0, 0.1) is 14.7 Å². The van der Waals surface area contributed by atoms with Crippen molar-refractivity contribution in [3.8, 4) is 5.88 Å². The number of rotatable bonds is 19. The molecular weight excluding hydrogens is 864 g/mol. The van der Waals surface area contributed by atoms with E-state index in [0.717, 1.165) is 0 Å². The van der Waals surface area contributed by atoms with Crippen LogP contribution in [0.15, 0.2) is 0 Å². The molecule has 0 amide bonds. The van der Waals surface area contributed by atoms with Crippen LogP contribution in [0.2, 0.25) is 0 Å². The quantitative estimate of drug-likeness (QED) is 0.0585. The second-order valence-corrected chi connectivity index (χ2v) is 20.1. The number of aliphatic hydroxyl groups is 2. The minimum Gasteiger partial charge on any atom is -0.479 e. The zero-order valence-electron chi connectivity index (χ0n) is 32.0. The summed E-state index contributed by atoms with van der Waals surface area (Å²) in [6.07, 6.45) is 0.0760. The molecule has 0 spiro atoms. The van der Waals surface area contributed by atoms with Crippen LogP contribution in [0.1, 0.15) is 67.5 Å². The Morgan fingerprint density at radius 1 is 1.02 bits per heavy atom. The number of esters is 2. The lowest BCUT2D eigenvalue weighted by atomic mass is 9.96. The van der Waals surface area contributed by atoms with Gasteiger partial charge in [0.25, 0.3) is 0 Å². The number of imidazole rings is 1. The maximum Gasteiger partial charge on any atom is 0.342 e. The summed E-state index contributed by atoms with van der Waals surface area (Å²) in [7, 11) is -2.98. The molecule has 0 radical (unpaired) electrons. The Morgan fingerprint density at radius 3 is 1.98 bits per heavy atom. The number of halogens is 1. The molecule has 0 aromatic carbocycles. The smallest absolute Gasteiger partial charge is 0.342 e. The highest BCUT2D eigenvalue weighted by molar-refractivity contribution is 14.1. The Hall–Kier alpha value is -1.49. The van der Waals surface area contributed by atoms with Gasteiger partial charge in [0.05, 0.1) is 26.9 Å². The molecule has 0 unspecified atom stereocenters. The van der Waals surface area contributed by atoms with Gasteiger partial charge in [-0.25, -0.2) is 15.2 Å². The number of ether oxygens (including phenoxy) is 4. The van der Waals surface area contributed by atoms with E-state index in [2.05, 4.69) is 25.1 Å². The topological polar surface area (TPSA) is 231 Å². The lowest BCUT2D eigenvalue weighted by Gasteiger charge is -2.30. The van der Waals surface area contributed by atoms with Gasteiger partial charge in [0.15, 0.2) is 21.2 Å². The van der Waals surface area contributed by atoms with Crippen LogP contribution in [0.3, 0.4) is 0 Å². The van der Waals surface area contributed by atoms with Gasteiger partial charge in [-0.05, 0) is 54.6 Å². The second kappa shape index (κ2) is 19.1. The number of nitrogens with one attached hydrogen (secondary N) is 2. The molecule has 17 nitrogen and oxygen atoms in total. The van der Waals surface area contributed by atoms with E-state index in [1.54, 1.807) is 0 Å². The third-order valence-corrected chi connectivity index (χ3v) is 11.7. The van der Waals surface area contributed by atoms with Gasteiger partial charge in [0.1, 0.15) is 29.9 Å². The standard InChI is InChI=1S/C32H55IN7O10PS2/c1-30(2,3)16-47-25(42)18(11-13-52-9)38-51(45,39-19(12-14-53-10)26(43)48-17-31(4,5)6)49-15-20-22(41)32(7,44)27(50-20)40-23-21(35-28(40)33)24(46-8)37-29(34)36-23/h18-20,22,27,41,44H,11-17H2,1-10H3,(H2,34,36,37)(H2,38,39,45)/t18-,19-,20+,22+,27+,32+/m0/s1. The fraction of sp³-hybridized carbons (Fsp3) is 0.781. The minimum absolute atomic E-state index is 0.106. The summed E-state index contributed by atoms with van der Waals surface area (Å²) in [4.78, 5) is 39.7. The predicted molar refractivity (Wildman–Crippen MR) is 214 cm³/mol. The third kappa shape index (κ3) is 12.8. The molecule has 6 atom stereocenters. The van der Waals surface area contributed by atoms with Crippen molar-refractivity contribution in [1.82, 2.24) is 29.7 Å². The first-order valence-corrected chi connectivity index (χ1v) is 22.5. The van der Waals surface area contributed by atoms with E-state index >= 15 is 0 Å². The van der Waals surface area contributed by atoms with Crippen LogP contribution in [-0.4, -0.2) is 123 Å². The number of fused-ring (bicyclic) bond motifs is 1. The first-order valence-electron chi connectivity index (χ1n) is 17.0. The summed E-state index contributed by atoms with van der Waals surface area (Å²) in [5, 5.41) is 28.7. The Kier molecular flexibility index (Phi) is 16.5. The number of hydrogen-bond acceptors (Lipinski definition) is 16. The number of hydrogen-bond donors (Lipinski definition) is 5. The lowest BCUT2D eigenvalue weighted by molar-refractivity contribution is -0.148. The van der Waals surface area contributed by atoms with Gasteiger partial charge in [-0.2, -0.15) is 33.5 Å². The van der Waals surface area contributed by atoms with Crippen molar-refractivity contribution in [2.45, 2.75) is 97.4 Å². The van der Waals surface area contributed by atoms with Crippen molar-refractivity contribution < 1.29 is 47.8 Å². The molecule has 1 saturated heterocycles. The zero-order chi connectivity index (χ0) is 39.9. The van der Waals surface area contributed by atoms with E-state index in [-0.39, 0.29) is 59.9 Å². The molecule has 0 aliphatic carbocycles. The molecule has 0 saturated carbocycles. The van der Waals surface area contributed by atoms with Crippen LogP contribution in [0.25, 0.3) is 11.2 Å². The average Bonchev–Trinajstić information content (AvgIpc) is 3.50. The number of anilines is 1. The SMILES string of the molecule is COc1nc(N)nc2c1nc(I)n2[C@@H]1O[C@H](COP(=O)(N[C@@H](CCSC)C(=O)OCC(C)(C)C)N[C@@H](CCSC)C(=O)OCC(C)(C)C)[C@@H](O)[C@@]1(C)O. The van der Waals surface area contributed by atoms with Crippen LogP contribution in [-0.2, 0) is 32.9 Å². The maximum absolute atomic E-state index is 14.9. The summed E-state index contributed by atoms with van der Waals surface area (Å²) >= 11 is 4.89. The number of nitrogens with two attached hydrogens (primary N) is 1. The number of carbonyl (C=O) groups excluding carboxylic acids is 2. The van der Waals surface area contributed by atoms with Gasteiger partial charge >= 0.3 is 19.6 Å². The second-order valence-electron chi connectivity index (χ2n) is 15.3. The Balaban J connectivity index is 1.99. The van der Waals surface area contributed by atoms with Gasteiger partial charge in [0.2, 0.25) is 11.8 Å². The van der Waals surface area contributed by atoms with Gasteiger partial charge in [0, 0.05) is 22.6 Å². The van der Waals surface area contributed by atoms with Crippen molar-refractivity contribution >= 4 is 82.8 Å². The summed E-state index contributed by atoms with van der Waals surface area (Å²) in [5.41, 5.74) is 3.75. The summed E-state index contributed by atoms with van der Waals surface area (Å²) in [6.45, 7) is 12.5. The van der Waals surface area contributed by atoms with Crippen molar-refractivity contribution in [1.29, 1.82) is 0 Å². The molecular formula is C32H55IN7O10PS2. The highest BCUT2D eigenvalue weighted by Crippen LogP contribution is 2.45. The third-order valence-electron chi connectivity index (χ3n) is 7.82. The van der Waals surface area contributed by atoms with E-state index < -0.39 is 62.3 Å². The minimum atomic E-state index is -4.38. The highest BCUT2D eigenvalue weighted by Gasteiger charge is 2.55. The number of aromatic nitrogens is 4. The molecule has 0 bridgehead atoms. The average molecular weight is 920 g/mol. The number of methoxy groups -OCH3 is 1. The molecule has 53 heavy (non-hydrogen) atoms. The van der Waals surface area contributed by atoms with E-state index in [4.69, 9.17) is 29.2 Å². The largest absolute Gasteiger partial charge is 0.479 e. The molecule has 2 aromatic rings. The fourth-order valence-corrected chi connectivity index (χ4v) is 8.60. The highest BCUT2D eigenvalue weighted by atomic mass is 127. The van der Waals surface area contributed by atoms with Crippen molar-refractivity contribution in [3.63, 3.8) is 0 Å². The zero-order valence-corrected chi connectivity index (χ0v) is 36.7. The van der Waals surface area contributed by atoms with E-state index in [9.17, 15) is 24.4 Å². The van der Waals surface area contributed by atoms with Gasteiger partial charge in [-0.3, -0.25) is 18.7 Å². The van der Waals surface area contributed by atoms with Crippen LogP contribution in [0.4, 0.5) is 5.95 Å². The van der Waals surface area contributed by atoms with Gasteiger partial charge in [-0.1, -0.05) is 41.5 Å². The van der Waals surface area contributed by atoms with Crippen molar-refractivity contribution in [2.75, 3.05) is 56.7 Å². The Bertz CT molecular complexity index is 1560. The predicted octanol–water partition coefficient (Wildman–Crippen LogP) is 3.76. The first kappa shape index (κ1) is 45.9. The van der Waals surface area contributed by atoms with Crippen molar-refractivity contribution in [3.05, 3.63) is 3.83 Å². The van der Waals surface area contributed by atoms with E-state index in [0.29, 0.717) is 15.3 Å². The van der Waals surface area contributed by atoms with Crippen molar-refractivity contribution in [2.24, 2.45) is 10.8 Å². The summed E-state index contributed by atoms with van der Waals surface area (Å²) < 4.78 is 45.5. The number of thioether (sulfide) groups is 2. The molecule has 302 valence electrons. The molecule has 3 heterocycles. The number of nitrogens with zero attached hydrogens (tertiary/aromatic N) is 4. The molecule has 6 N–H and O–H groups in total. The molecule has 1 fully saturated rings. The van der Waals surface area contributed by atoms with E-state index in [1.165, 1.54) is 42.1 Å². The Labute approximate surface area is 333 Å². The Morgan fingerprint density at radius 2 is 1.53 bits per heavy atom. The van der Waals surface area contributed by atoms with Gasteiger partial charge < -0.3 is 39.4 Å². The van der Waals surface area contributed by atoms with E-state index in [1.807, 2.05) is 76.6 Å². The normalized spacial score (nSPS) is 22.2. The molecule has 2 aromatic heterocycles. The van der Waals surface area contributed by atoms with Crippen LogP contribution in [0.5, 0.6) is 5.88 Å². The maximum atomic E-state index is 14.9. The monoisotopic (exact) mass is 919 g/mol. The molecule has 3 rings (SSSR count). The molecule has 1 aliphatic rings. The summed E-state index contributed by atoms with van der Waals surface area (Å²) in [5.74, 6) is -0.275. The molecule has 21 heteroatoms. The van der Waals surface area contributed by atoms with Crippen LogP contribution < -0.4 is 20.6 Å². The number of nitrogen functional groups attached to an aromatic ring is 1. The van der Waals surface area contributed by atoms with Gasteiger partial charge in [-0.15, -0.1) is 0 Å². The summed E-state index contributed by atoms with van der Waals surface area (Å²) in [6, 6.07) is -2.20. The molecule has 1 aliphatic heterocycles. The van der Waals surface area contributed by atoms with Crippen LogP contribution >= 0.6 is 53.8 Å². The lowest BCUT2D eigenvalue weighted by Crippen LogP contribution is -2.47.